The predicted octanol–water partition coefficient (Wildman–Crippen LogP) is 2.36. The first kappa shape index (κ1) is 8.59. The van der Waals surface area contributed by atoms with Crippen molar-refractivity contribution in [2.24, 2.45) is 5.73 Å². The van der Waals surface area contributed by atoms with Crippen molar-refractivity contribution in [2.75, 3.05) is 0 Å². The second kappa shape index (κ2) is 3.05. The molecule has 0 saturated carbocycles. The van der Waals surface area contributed by atoms with Gasteiger partial charge in [0.25, 0.3) is 0 Å². The highest BCUT2D eigenvalue weighted by molar-refractivity contribution is 9.10. The van der Waals surface area contributed by atoms with E-state index in [1.807, 2.05) is 6.07 Å². The average Bonchev–Trinajstić information content (AvgIpc) is 2.55. The molecule has 0 bridgehead atoms. The van der Waals surface area contributed by atoms with Crippen molar-refractivity contribution in [1.29, 1.82) is 0 Å². The Balaban J connectivity index is 2.76. The summed E-state index contributed by atoms with van der Waals surface area (Å²) in [5.74, 6) is 0.915. The fraction of sp³-hybridized carbons (Fsp3) is 0.111. The van der Waals surface area contributed by atoms with Crippen LogP contribution in [0.4, 0.5) is 0 Å². The molecule has 13 heavy (non-hydrogen) atoms. The summed E-state index contributed by atoms with van der Waals surface area (Å²) in [6.07, 6.45) is 0. The van der Waals surface area contributed by atoms with Gasteiger partial charge < -0.3 is 15.3 Å². The van der Waals surface area contributed by atoms with Crippen LogP contribution in [-0.2, 0) is 6.54 Å². The Labute approximate surface area is 83.3 Å². The molecule has 1 aromatic carbocycles. The number of aromatic hydroxyl groups is 1. The van der Waals surface area contributed by atoms with Crippen LogP contribution in [0.3, 0.4) is 0 Å². The van der Waals surface area contributed by atoms with Crippen molar-refractivity contribution < 1.29 is 9.52 Å². The van der Waals surface area contributed by atoms with Crippen molar-refractivity contribution in [2.45, 2.75) is 6.54 Å². The summed E-state index contributed by atoms with van der Waals surface area (Å²) in [5, 5.41) is 10.2. The van der Waals surface area contributed by atoms with E-state index in [4.69, 9.17) is 10.2 Å². The van der Waals surface area contributed by atoms with Crippen LogP contribution in [0.1, 0.15) is 5.76 Å². The van der Waals surface area contributed by atoms with Crippen LogP contribution in [0.2, 0.25) is 0 Å². The number of fused-ring (bicyclic) bond motifs is 1. The van der Waals surface area contributed by atoms with Crippen LogP contribution in [0, 0.1) is 0 Å². The van der Waals surface area contributed by atoms with Gasteiger partial charge in [0.15, 0.2) is 0 Å². The molecule has 3 nitrogen and oxygen atoms in total. The van der Waals surface area contributed by atoms with Crippen molar-refractivity contribution in [3.8, 4) is 5.75 Å². The molecular formula is C9H8BrNO2. The van der Waals surface area contributed by atoms with E-state index in [9.17, 15) is 5.11 Å². The Morgan fingerprint density at radius 2 is 2.23 bits per heavy atom. The van der Waals surface area contributed by atoms with E-state index in [1.54, 1.807) is 12.1 Å². The summed E-state index contributed by atoms with van der Waals surface area (Å²) in [6, 6.07) is 5.12. The van der Waals surface area contributed by atoms with E-state index in [1.165, 1.54) is 0 Å². The lowest BCUT2D eigenvalue weighted by molar-refractivity contribution is 0.472. The summed E-state index contributed by atoms with van der Waals surface area (Å²) < 4.78 is 6.03. The molecule has 0 fully saturated rings. The van der Waals surface area contributed by atoms with E-state index in [2.05, 4.69) is 15.9 Å². The van der Waals surface area contributed by atoms with E-state index in [-0.39, 0.29) is 5.75 Å². The van der Waals surface area contributed by atoms with Crippen molar-refractivity contribution in [3.63, 3.8) is 0 Å². The fourth-order valence-corrected chi connectivity index (χ4v) is 1.66. The third-order valence-electron chi connectivity index (χ3n) is 1.87. The van der Waals surface area contributed by atoms with E-state index in [0.29, 0.717) is 16.8 Å². The lowest BCUT2D eigenvalue weighted by atomic mass is 10.2. The first-order chi connectivity index (χ1) is 6.22. The van der Waals surface area contributed by atoms with Crippen molar-refractivity contribution in [3.05, 3.63) is 28.4 Å². The number of hydrogen-bond acceptors (Lipinski definition) is 3. The number of phenols is 1. The summed E-state index contributed by atoms with van der Waals surface area (Å²) in [7, 11) is 0. The van der Waals surface area contributed by atoms with Gasteiger partial charge in [-0.25, -0.2) is 0 Å². The van der Waals surface area contributed by atoms with Gasteiger partial charge in [0.2, 0.25) is 0 Å². The Kier molecular flexibility index (Phi) is 2.01. The number of rotatable bonds is 1. The molecular weight excluding hydrogens is 234 g/mol. The predicted molar refractivity (Wildman–Crippen MR) is 53.5 cm³/mol. The zero-order valence-electron chi connectivity index (χ0n) is 6.75. The van der Waals surface area contributed by atoms with Gasteiger partial charge >= 0.3 is 0 Å². The molecule has 0 aliphatic rings. The lowest BCUT2D eigenvalue weighted by Crippen LogP contribution is -1.92. The Morgan fingerprint density at radius 3 is 2.92 bits per heavy atom. The summed E-state index contributed by atoms with van der Waals surface area (Å²) in [5.41, 5.74) is 6.16. The molecule has 0 radical (unpaired) electrons. The summed E-state index contributed by atoms with van der Waals surface area (Å²) in [6.45, 7) is 0.363. The highest BCUT2D eigenvalue weighted by atomic mass is 79.9. The van der Waals surface area contributed by atoms with E-state index >= 15 is 0 Å². The van der Waals surface area contributed by atoms with Crippen LogP contribution < -0.4 is 5.73 Å². The SMILES string of the molecule is NCc1cc2c(Br)c(O)ccc2o1. The molecule has 3 N–H and O–H groups in total. The second-order valence-corrected chi connectivity index (χ2v) is 3.52. The van der Waals surface area contributed by atoms with Gasteiger partial charge in [-0.05, 0) is 34.1 Å². The number of phenolic OH excluding ortho intramolecular Hbond substituents is 1. The Bertz CT molecular complexity index is 450. The fourth-order valence-electron chi connectivity index (χ4n) is 1.22. The van der Waals surface area contributed by atoms with Crippen LogP contribution in [0.5, 0.6) is 5.75 Å². The van der Waals surface area contributed by atoms with Crippen molar-refractivity contribution >= 4 is 26.9 Å². The second-order valence-electron chi connectivity index (χ2n) is 2.73. The smallest absolute Gasteiger partial charge is 0.135 e. The molecule has 0 unspecified atom stereocenters. The molecule has 1 aromatic heterocycles. The summed E-state index contributed by atoms with van der Waals surface area (Å²) in [4.78, 5) is 0. The first-order valence-electron chi connectivity index (χ1n) is 3.82. The van der Waals surface area contributed by atoms with Gasteiger partial charge in [-0.15, -0.1) is 0 Å². The number of hydrogen-bond donors (Lipinski definition) is 2. The number of benzene rings is 1. The minimum Gasteiger partial charge on any atom is -0.507 e. The zero-order valence-corrected chi connectivity index (χ0v) is 8.34. The van der Waals surface area contributed by atoms with Crippen molar-refractivity contribution in [1.82, 2.24) is 0 Å². The first-order valence-corrected chi connectivity index (χ1v) is 4.61. The van der Waals surface area contributed by atoms with Gasteiger partial charge in [-0.2, -0.15) is 0 Å². The number of halogens is 1. The minimum atomic E-state index is 0.205. The maximum atomic E-state index is 9.38. The number of nitrogens with two attached hydrogens (primary N) is 1. The van der Waals surface area contributed by atoms with E-state index in [0.717, 1.165) is 11.0 Å². The molecule has 0 spiro atoms. The van der Waals surface area contributed by atoms with Crippen LogP contribution in [0.25, 0.3) is 11.0 Å². The molecule has 0 atom stereocenters. The average molecular weight is 242 g/mol. The highest BCUT2D eigenvalue weighted by Gasteiger charge is 2.08. The van der Waals surface area contributed by atoms with Crippen LogP contribution in [-0.4, -0.2) is 5.11 Å². The zero-order chi connectivity index (χ0) is 9.42. The third kappa shape index (κ3) is 1.32. The molecule has 2 rings (SSSR count). The minimum absolute atomic E-state index is 0.205. The summed E-state index contributed by atoms with van der Waals surface area (Å²) >= 11 is 3.27. The molecule has 68 valence electrons. The van der Waals surface area contributed by atoms with Crippen LogP contribution in [0.15, 0.2) is 27.1 Å². The number of furan rings is 1. The molecule has 0 aliphatic heterocycles. The van der Waals surface area contributed by atoms with Gasteiger partial charge in [0, 0.05) is 5.39 Å². The largest absolute Gasteiger partial charge is 0.507 e. The van der Waals surface area contributed by atoms with Gasteiger partial charge in [-0.3, -0.25) is 0 Å². The van der Waals surface area contributed by atoms with Crippen LogP contribution >= 0.6 is 15.9 Å². The Morgan fingerprint density at radius 1 is 1.46 bits per heavy atom. The molecule has 2 aromatic rings. The maximum Gasteiger partial charge on any atom is 0.135 e. The maximum absolute atomic E-state index is 9.38. The third-order valence-corrected chi connectivity index (χ3v) is 2.70. The molecule has 4 heteroatoms. The standard InChI is InChI=1S/C9H8BrNO2/c10-9-6-3-5(4-11)13-8(6)2-1-7(9)12/h1-3,12H,4,11H2. The molecule has 0 amide bonds. The lowest BCUT2D eigenvalue weighted by Gasteiger charge is -1.95. The molecule has 0 saturated heterocycles. The van der Waals surface area contributed by atoms with E-state index < -0.39 is 0 Å². The van der Waals surface area contributed by atoms with Gasteiger partial charge in [-0.1, -0.05) is 0 Å². The highest BCUT2D eigenvalue weighted by Crippen LogP contribution is 2.33. The van der Waals surface area contributed by atoms with Gasteiger partial charge in [0.05, 0.1) is 11.0 Å². The quantitative estimate of drug-likeness (QED) is 0.806. The van der Waals surface area contributed by atoms with Gasteiger partial charge in [0.1, 0.15) is 17.1 Å². The monoisotopic (exact) mass is 241 g/mol. The Hall–Kier alpha value is -1.00. The molecule has 1 heterocycles. The normalized spacial score (nSPS) is 10.9. The molecule has 0 aliphatic carbocycles. The topological polar surface area (TPSA) is 59.4 Å².